The van der Waals surface area contributed by atoms with Crippen LogP contribution < -0.4 is 4.90 Å². The maximum atomic E-state index is 13.8. The van der Waals surface area contributed by atoms with Gasteiger partial charge in [0.25, 0.3) is 0 Å². The molecule has 0 unspecified atom stereocenters. The number of carbonyl (C=O) groups is 1. The van der Waals surface area contributed by atoms with Crippen LogP contribution in [0.5, 0.6) is 0 Å². The van der Waals surface area contributed by atoms with Gasteiger partial charge in [0.05, 0.1) is 5.52 Å². The molecule has 0 aliphatic heterocycles. The lowest BCUT2D eigenvalue weighted by molar-refractivity contribution is 0.103. The summed E-state index contributed by atoms with van der Waals surface area (Å²) < 4.78 is 41.9. The Morgan fingerprint density at radius 2 is 1.64 bits per heavy atom. The van der Waals surface area contributed by atoms with Crippen LogP contribution in [0.15, 0.2) is 58.3 Å². The third-order valence-electron chi connectivity index (χ3n) is 6.74. The van der Waals surface area contributed by atoms with Crippen LogP contribution in [0.3, 0.4) is 0 Å². The van der Waals surface area contributed by atoms with Crippen molar-refractivity contribution >= 4 is 38.3 Å². The van der Waals surface area contributed by atoms with Crippen LogP contribution in [0.1, 0.15) is 47.8 Å². The van der Waals surface area contributed by atoms with Crippen molar-refractivity contribution in [3.05, 3.63) is 98.0 Å². The Bertz CT molecular complexity index is 1540. The molecule has 0 amide bonds. The molecule has 4 rings (SSSR count). The van der Waals surface area contributed by atoms with Crippen LogP contribution >= 0.6 is 15.9 Å². The molecule has 7 heteroatoms. The third kappa shape index (κ3) is 4.26. The van der Waals surface area contributed by atoms with Gasteiger partial charge in [0.2, 0.25) is 0 Å². The number of hydrogen-bond donors (Lipinski definition) is 1. The molecule has 0 saturated carbocycles. The topological polar surface area (TPSA) is 36.1 Å². The maximum absolute atomic E-state index is 13.8. The highest BCUT2D eigenvalue weighted by Gasteiger charge is 2.22. The maximum Gasteiger partial charge on any atom is 0.195 e. The summed E-state index contributed by atoms with van der Waals surface area (Å²) in [7, 11) is 2.04. The van der Waals surface area contributed by atoms with Crippen LogP contribution in [0.2, 0.25) is 0 Å². The standard InChI is InChI=1S/C29H26BrF3N2O/c1-14(2)17(5)35(6)24-10-15(3)25(26(30)16(24)4)20-9-7-8-19-21(13-34-28(19)20)29(36)18-11-22(31)27(33)23(32)12-18/h7-13,34H,1-6H3. The number of benzene rings is 3. The van der Waals surface area contributed by atoms with Crippen molar-refractivity contribution in [2.24, 2.45) is 0 Å². The van der Waals surface area contributed by atoms with Crippen molar-refractivity contribution in [2.45, 2.75) is 34.6 Å². The second-order valence-electron chi connectivity index (χ2n) is 9.18. The zero-order valence-electron chi connectivity index (χ0n) is 20.9. The molecule has 3 aromatic carbocycles. The Morgan fingerprint density at radius 1 is 1.00 bits per heavy atom. The van der Waals surface area contributed by atoms with Crippen LogP contribution in [0, 0.1) is 31.3 Å². The second-order valence-corrected chi connectivity index (χ2v) is 9.98. The van der Waals surface area contributed by atoms with Gasteiger partial charge < -0.3 is 9.88 Å². The van der Waals surface area contributed by atoms with Gasteiger partial charge in [-0.1, -0.05) is 23.8 Å². The van der Waals surface area contributed by atoms with Gasteiger partial charge in [-0.25, -0.2) is 13.2 Å². The number of nitrogens with zero attached hydrogens (tertiary/aromatic N) is 1. The summed E-state index contributed by atoms with van der Waals surface area (Å²) in [4.78, 5) is 18.5. The number of fused-ring (bicyclic) bond motifs is 1. The molecule has 1 N–H and O–H groups in total. The largest absolute Gasteiger partial charge is 0.360 e. The molecule has 0 atom stereocenters. The fraction of sp³-hybridized carbons (Fsp3) is 0.207. The number of carbonyl (C=O) groups excluding carboxylic acids is 1. The summed E-state index contributed by atoms with van der Waals surface area (Å²) in [5, 5.41) is 0.605. The summed E-state index contributed by atoms with van der Waals surface area (Å²) in [6, 6.07) is 9.15. The number of ketones is 1. The van der Waals surface area contributed by atoms with Gasteiger partial charge in [-0.05, 0) is 79.9 Å². The number of aryl methyl sites for hydroxylation is 1. The lowest BCUT2D eigenvalue weighted by Gasteiger charge is -2.26. The molecule has 0 bridgehead atoms. The highest BCUT2D eigenvalue weighted by Crippen LogP contribution is 2.42. The summed E-state index contributed by atoms with van der Waals surface area (Å²) in [5.74, 6) is -5.00. The first-order chi connectivity index (χ1) is 16.9. The number of H-pyrrole nitrogens is 1. The first-order valence-electron chi connectivity index (χ1n) is 11.4. The van der Waals surface area contributed by atoms with Gasteiger partial charge in [-0.2, -0.15) is 0 Å². The SMILES string of the molecule is CC(C)=C(C)N(C)c1cc(C)c(-c2cccc3c(C(=O)c4cc(F)c(F)c(F)c4)c[nH]c23)c(Br)c1C. The van der Waals surface area contributed by atoms with Crippen molar-refractivity contribution in [2.75, 3.05) is 11.9 Å². The van der Waals surface area contributed by atoms with Gasteiger partial charge in [-0.15, -0.1) is 0 Å². The Labute approximate surface area is 216 Å². The van der Waals surface area contributed by atoms with E-state index in [1.165, 1.54) is 17.5 Å². The number of aromatic amines is 1. The van der Waals surface area contributed by atoms with E-state index in [9.17, 15) is 18.0 Å². The first-order valence-corrected chi connectivity index (χ1v) is 12.2. The molecule has 0 radical (unpaired) electrons. The minimum absolute atomic E-state index is 0.248. The van der Waals surface area contributed by atoms with Crippen molar-refractivity contribution in [1.29, 1.82) is 0 Å². The summed E-state index contributed by atoms with van der Waals surface area (Å²) in [5.41, 5.74) is 8.14. The number of nitrogens with one attached hydrogen (secondary N) is 1. The average molecular weight is 555 g/mol. The summed E-state index contributed by atoms with van der Waals surface area (Å²) in [6.45, 7) is 10.3. The van der Waals surface area contributed by atoms with Crippen molar-refractivity contribution in [3.63, 3.8) is 0 Å². The van der Waals surface area contributed by atoms with Crippen LogP contribution in [-0.2, 0) is 0 Å². The fourth-order valence-electron chi connectivity index (χ4n) is 4.45. The Balaban J connectivity index is 1.86. The van der Waals surface area contributed by atoms with Gasteiger partial charge >= 0.3 is 0 Å². The van der Waals surface area contributed by atoms with E-state index in [0.717, 1.165) is 44.5 Å². The quantitative estimate of drug-likeness (QED) is 0.198. The van der Waals surface area contributed by atoms with Crippen molar-refractivity contribution in [1.82, 2.24) is 4.98 Å². The van der Waals surface area contributed by atoms with E-state index in [2.05, 4.69) is 59.6 Å². The molecule has 0 fully saturated rings. The Morgan fingerprint density at radius 3 is 2.25 bits per heavy atom. The van der Waals surface area contributed by atoms with E-state index in [-0.39, 0.29) is 11.1 Å². The molecular formula is C29H26BrF3N2O. The molecular weight excluding hydrogens is 529 g/mol. The molecule has 0 aliphatic rings. The molecule has 4 aromatic rings. The van der Waals surface area contributed by atoms with Crippen LogP contribution in [-0.4, -0.2) is 17.8 Å². The first kappa shape index (κ1) is 25.8. The third-order valence-corrected chi connectivity index (χ3v) is 7.74. The highest BCUT2D eigenvalue weighted by molar-refractivity contribution is 9.10. The molecule has 3 nitrogen and oxygen atoms in total. The van der Waals surface area contributed by atoms with Gasteiger partial charge in [0.1, 0.15) is 0 Å². The second kappa shape index (κ2) is 9.62. The van der Waals surface area contributed by atoms with Gasteiger partial charge in [0, 0.05) is 56.7 Å². The Hall–Kier alpha value is -3.32. The van der Waals surface area contributed by atoms with Gasteiger partial charge in [-0.3, -0.25) is 4.79 Å². The number of halogens is 4. The minimum Gasteiger partial charge on any atom is -0.360 e. The van der Waals surface area contributed by atoms with Crippen LogP contribution in [0.4, 0.5) is 18.9 Å². The number of hydrogen-bond acceptors (Lipinski definition) is 2. The molecule has 1 aromatic heterocycles. The van der Waals surface area contributed by atoms with E-state index in [1.54, 1.807) is 6.07 Å². The number of allylic oxidation sites excluding steroid dienone is 2. The van der Waals surface area contributed by atoms with E-state index < -0.39 is 23.2 Å². The predicted molar refractivity (Wildman–Crippen MR) is 143 cm³/mol. The summed E-state index contributed by atoms with van der Waals surface area (Å²) >= 11 is 3.81. The van der Waals surface area contributed by atoms with E-state index in [4.69, 9.17) is 0 Å². The monoisotopic (exact) mass is 554 g/mol. The highest BCUT2D eigenvalue weighted by atomic mass is 79.9. The fourth-order valence-corrected chi connectivity index (χ4v) is 5.18. The number of aromatic nitrogens is 1. The van der Waals surface area contributed by atoms with E-state index >= 15 is 0 Å². The van der Waals surface area contributed by atoms with Crippen molar-refractivity contribution < 1.29 is 18.0 Å². The van der Waals surface area contributed by atoms with Gasteiger partial charge in [0.15, 0.2) is 23.2 Å². The summed E-state index contributed by atoms with van der Waals surface area (Å²) in [6.07, 6.45) is 1.52. The van der Waals surface area contributed by atoms with E-state index in [0.29, 0.717) is 10.9 Å². The normalized spacial score (nSPS) is 11.2. The molecule has 36 heavy (non-hydrogen) atoms. The minimum atomic E-state index is -1.60. The molecule has 1 heterocycles. The van der Waals surface area contributed by atoms with Crippen molar-refractivity contribution in [3.8, 4) is 11.1 Å². The molecule has 0 aliphatic carbocycles. The molecule has 0 saturated heterocycles. The zero-order chi connectivity index (χ0) is 26.5. The Kier molecular flexibility index (Phi) is 6.88. The lowest BCUT2D eigenvalue weighted by atomic mass is 9.94. The smallest absolute Gasteiger partial charge is 0.195 e. The average Bonchev–Trinajstić information content (AvgIpc) is 3.28. The molecule has 186 valence electrons. The molecule has 0 spiro atoms. The zero-order valence-corrected chi connectivity index (χ0v) is 22.5. The lowest BCUT2D eigenvalue weighted by Crippen LogP contribution is -2.17. The van der Waals surface area contributed by atoms with E-state index in [1.807, 2.05) is 26.1 Å². The predicted octanol–water partition coefficient (Wildman–Crippen LogP) is 8.61. The van der Waals surface area contributed by atoms with Crippen LogP contribution in [0.25, 0.3) is 22.0 Å². The number of anilines is 1. The number of para-hydroxylation sites is 1. The number of rotatable bonds is 5.